The zero-order valence-corrected chi connectivity index (χ0v) is 20.8. The van der Waals surface area contributed by atoms with E-state index in [9.17, 15) is 21.6 Å². The molecule has 1 aliphatic rings. The molecule has 1 fully saturated rings. The van der Waals surface area contributed by atoms with E-state index in [1.807, 2.05) is 0 Å². The molecule has 0 unspecified atom stereocenters. The van der Waals surface area contributed by atoms with Crippen molar-refractivity contribution in [2.75, 3.05) is 31.8 Å². The number of nitrogens with two attached hydrogens (primary N) is 1. The van der Waals surface area contributed by atoms with E-state index in [-0.39, 0.29) is 62.2 Å². The first kappa shape index (κ1) is 26.2. The van der Waals surface area contributed by atoms with E-state index in [4.69, 9.17) is 26.8 Å². The number of rotatable bonds is 7. The number of methoxy groups -OCH3 is 1. The maximum Gasteiger partial charge on any atom is 0.417 e. The Hall–Kier alpha value is -2.83. The van der Waals surface area contributed by atoms with Crippen LogP contribution in [0.25, 0.3) is 11.1 Å². The van der Waals surface area contributed by atoms with Gasteiger partial charge in [-0.3, -0.25) is 5.10 Å². The van der Waals surface area contributed by atoms with Crippen molar-refractivity contribution in [2.24, 2.45) is 5.92 Å². The number of anilines is 1. The smallest absolute Gasteiger partial charge is 0.417 e. The minimum atomic E-state index is -4.77. The van der Waals surface area contributed by atoms with Crippen molar-refractivity contribution < 1.29 is 31.1 Å². The minimum Gasteiger partial charge on any atom is -0.495 e. The number of ether oxygens (including phenoxy) is 2. The third-order valence-electron chi connectivity index (χ3n) is 5.96. The number of alkyl halides is 3. The third-order valence-corrected chi connectivity index (χ3v) is 8.16. The van der Waals surface area contributed by atoms with E-state index in [1.165, 1.54) is 31.4 Å². The summed E-state index contributed by atoms with van der Waals surface area (Å²) >= 11 is 6.38. The van der Waals surface area contributed by atoms with Crippen LogP contribution in [0.15, 0.2) is 35.2 Å². The fourth-order valence-electron chi connectivity index (χ4n) is 4.25. The molecule has 1 saturated heterocycles. The van der Waals surface area contributed by atoms with Crippen LogP contribution in [-0.2, 0) is 27.2 Å². The summed E-state index contributed by atoms with van der Waals surface area (Å²) < 4.78 is 79.6. The monoisotopic (exact) mass is 544 g/mol. The number of benzene rings is 2. The first-order valence-electron chi connectivity index (χ1n) is 11.0. The molecule has 36 heavy (non-hydrogen) atoms. The molecule has 8 nitrogen and oxygen atoms in total. The Labute approximate surface area is 210 Å². The number of aromatic nitrogens is 3. The van der Waals surface area contributed by atoms with Crippen LogP contribution in [0.1, 0.15) is 29.8 Å². The predicted octanol–water partition coefficient (Wildman–Crippen LogP) is 4.53. The molecule has 1 aliphatic heterocycles. The molecule has 1 aromatic heterocycles. The van der Waals surface area contributed by atoms with Crippen LogP contribution in [0.2, 0.25) is 5.02 Å². The summed E-state index contributed by atoms with van der Waals surface area (Å²) in [5.41, 5.74) is 4.38. The van der Waals surface area contributed by atoms with Crippen LogP contribution in [0.5, 0.6) is 5.75 Å². The van der Waals surface area contributed by atoms with Crippen LogP contribution in [0, 0.1) is 5.92 Å². The van der Waals surface area contributed by atoms with Gasteiger partial charge in [-0.25, -0.2) is 8.42 Å². The van der Waals surface area contributed by atoms with Crippen molar-refractivity contribution in [3.05, 3.63) is 52.3 Å². The Morgan fingerprint density at radius 3 is 2.56 bits per heavy atom. The molecule has 3 aromatic rings. The fraction of sp³-hybridized carbons (Fsp3) is 0.391. The molecule has 13 heteroatoms. The van der Waals surface area contributed by atoms with E-state index >= 15 is 0 Å². The largest absolute Gasteiger partial charge is 0.495 e. The molecule has 2 heterocycles. The van der Waals surface area contributed by atoms with E-state index in [1.54, 1.807) is 0 Å². The molecule has 0 aliphatic carbocycles. The highest BCUT2D eigenvalue weighted by atomic mass is 35.5. The van der Waals surface area contributed by atoms with Gasteiger partial charge in [0.15, 0.2) is 9.84 Å². The van der Waals surface area contributed by atoms with Crippen LogP contribution in [0.3, 0.4) is 0 Å². The Balaban J connectivity index is 1.78. The van der Waals surface area contributed by atoms with Gasteiger partial charge in [0, 0.05) is 30.2 Å². The predicted molar refractivity (Wildman–Crippen MR) is 128 cm³/mol. The Morgan fingerprint density at radius 2 is 1.94 bits per heavy atom. The number of hydrogen-bond acceptors (Lipinski definition) is 7. The normalized spacial score (nSPS) is 15.2. The molecule has 2 aromatic carbocycles. The third kappa shape index (κ3) is 5.76. The molecule has 0 bridgehead atoms. The summed E-state index contributed by atoms with van der Waals surface area (Å²) in [4.78, 5) is 3.73. The lowest BCUT2D eigenvalue weighted by Crippen LogP contribution is -2.23. The first-order valence-corrected chi connectivity index (χ1v) is 13.1. The Kier molecular flexibility index (Phi) is 7.48. The highest BCUT2D eigenvalue weighted by molar-refractivity contribution is 7.91. The number of nitrogen functional groups attached to an aromatic ring is 1. The van der Waals surface area contributed by atoms with Gasteiger partial charge in [0.05, 0.1) is 18.4 Å². The number of sulfone groups is 1. The summed E-state index contributed by atoms with van der Waals surface area (Å²) in [6.07, 6.45) is -3.61. The van der Waals surface area contributed by atoms with Crippen LogP contribution >= 0.6 is 11.6 Å². The van der Waals surface area contributed by atoms with Gasteiger partial charge in [-0.1, -0.05) is 17.7 Å². The van der Waals surface area contributed by atoms with Gasteiger partial charge in [-0.15, -0.1) is 5.10 Å². The number of H-pyrrole nitrogens is 1. The zero-order valence-electron chi connectivity index (χ0n) is 19.2. The van der Waals surface area contributed by atoms with Crippen LogP contribution in [0.4, 0.5) is 19.1 Å². The number of hydrogen-bond donors (Lipinski definition) is 2. The molecule has 0 atom stereocenters. The lowest BCUT2D eigenvalue weighted by molar-refractivity contribution is -0.137. The van der Waals surface area contributed by atoms with Gasteiger partial charge in [0.1, 0.15) is 16.5 Å². The second-order valence-corrected chi connectivity index (χ2v) is 10.9. The SMILES string of the molecule is COc1ccc(-c2c(Cl)cc(Cc3nc(N)n[nH]3)cc2C(F)(F)F)cc1S(=O)(=O)CC1CCOCC1. The van der Waals surface area contributed by atoms with E-state index < -0.39 is 21.6 Å². The summed E-state index contributed by atoms with van der Waals surface area (Å²) in [7, 11) is -2.57. The van der Waals surface area contributed by atoms with Crippen molar-refractivity contribution in [3.8, 4) is 16.9 Å². The zero-order chi connectivity index (χ0) is 26.1. The molecule has 3 N–H and O–H groups in total. The number of nitrogens with one attached hydrogen (secondary N) is 1. The second kappa shape index (κ2) is 10.3. The highest BCUT2D eigenvalue weighted by Crippen LogP contribution is 2.43. The lowest BCUT2D eigenvalue weighted by Gasteiger charge is -2.22. The van der Waals surface area contributed by atoms with Crippen molar-refractivity contribution in [3.63, 3.8) is 0 Å². The van der Waals surface area contributed by atoms with Gasteiger partial charge in [-0.05, 0) is 54.2 Å². The summed E-state index contributed by atoms with van der Waals surface area (Å²) in [5, 5.41) is 6.03. The van der Waals surface area contributed by atoms with E-state index in [0.717, 1.165) is 6.07 Å². The minimum absolute atomic E-state index is 0.00846. The summed E-state index contributed by atoms with van der Waals surface area (Å²) in [6, 6.07) is 6.24. The van der Waals surface area contributed by atoms with Gasteiger partial charge in [0.25, 0.3) is 0 Å². The molecular weight excluding hydrogens is 521 g/mol. The average Bonchev–Trinajstić information content (AvgIpc) is 3.22. The van der Waals surface area contributed by atoms with Crippen molar-refractivity contribution in [1.29, 1.82) is 0 Å². The number of nitrogens with zero attached hydrogens (tertiary/aromatic N) is 2. The molecule has 0 spiro atoms. The maximum atomic E-state index is 14.2. The Bertz CT molecular complexity index is 1360. The second-order valence-electron chi connectivity index (χ2n) is 8.52. The molecular formula is C23H24ClF3N4O4S. The van der Waals surface area contributed by atoms with Gasteiger partial charge in [-0.2, -0.15) is 18.2 Å². The standard InChI is InChI=1S/C23H24ClF3N4O4S/c1-34-18-3-2-15(11-19(18)36(32,33)12-13-4-6-35-7-5-13)21-16(23(25,26)27)8-14(9-17(21)24)10-20-29-22(28)31-30-20/h2-3,8-9,11,13H,4-7,10,12H2,1H3,(H3,28,29,30,31). The van der Waals surface area contributed by atoms with Crippen LogP contribution < -0.4 is 10.5 Å². The fourth-order valence-corrected chi connectivity index (χ4v) is 6.50. The lowest BCUT2D eigenvalue weighted by atomic mass is 9.95. The van der Waals surface area contributed by atoms with E-state index in [2.05, 4.69) is 15.2 Å². The van der Waals surface area contributed by atoms with Crippen LogP contribution in [-0.4, -0.2) is 49.7 Å². The highest BCUT2D eigenvalue weighted by Gasteiger charge is 2.36. The molecule has 0 amide bonds. The molecule has 194 valence electrons. The molecule has 0 radical (unpaired) electrons. The van der Waals surface area contributed by atoms with Gasteiger partial charge < -0.3 is 15.2 Å². The van der Waals surface area contributed by atoms with E-state index in [0.29, 0.717) is 26.1 Å². The quantitative estimate of drug-likeness (QED) is 0.448. The first-order chi connectivity index (χ1) is 17.0. The Morgan fingerprint density at radius 1 is 1.22 bits per heavy atom. The average molecular weight is 545 g/mol. The summed E-state index contributed by atoms with van der Waals surface area (Å²) in [6.45, 7) is 0.934. The van der Waals surface area contributed by atoms with Crippen molar-refractivity contribution in [1.82, 2.24) is 15.2 Å². The van der Waals surface area contributed by atoms with Crippen molar-refractivity contribution >= 4 is 27.4 Å². The van der Waals surface area contributed by atoms with Gasteiger partial charge >= 0.3 is 6.18 Å². The summed E-state index contributed by atoms with van der Waals surface area (Å²) in [5.74, 6) is 0.0210. The van der Waals surface area contributed by atoms with Gasteiger partial charge in [0.2, 0.25) is 5.95 Å². The van der Waals surface area contributed by atoms with Crippen molar-refractivity contribution in [2.45, 2.75) is 30.3 Å². The molecule has 4 rings (SSSR count). The number of aromatic amines is 1. The topological polar surface area (TPSA) is 120 Å². The maximum absolute atomic E-state index is 14.2. The molecule has 0 saturated carbocycles. The number of halogens is 4.